The SMILES string of the molecule is COc1ccc(S(=O)(=O)N(CC(=O)N(Cc2cccc(Br)c2)[C@@H](C)C(=O)NC(C)C)c2ccc(F)cc2)cc1. The second kappa shape index (κ2) is 13.1. The molecule has 0 radical (unpaired) electrons. The highest BCUT2D eigenvalue weighted by Crippen LogP contribution is 2.26. The standard InChI is InChI=1S/C28H31BrFN3O5S/c1-19(2)31-28(35)20(3)32(17-21-6-5-7-22(29)16-21)27(34)18-33(24-10-8-23(30)9-11-24)39(36,37)26-14-12-25(38-4)13-15-26/h5-16,19-20H,17-18H2,1-4H3,(H,31,35)/t20-/m0/s1. The predicted molar refractivity (Wildman–Crippen MR) is 151 cm³/mol. The van der Waals surface area contributed by atoms with Gasteiger partial charge in [0.1, 0.15) is 24.2 Å². The Morgan fingerprint density at radius 1 is 1.00 bits per heavy atom. The average Bonchev–Trinajstić information content (AvgIpc) is 2.90. The molecule has 0 aliphatic rings. The monoisotopic (exact) mass is 619 g/mol. The molecule has 0 aliphatic heterocycles. The molecule has 0 heterocycles. The quantitative estimate of drug-likeness (QED) is 0.335. The summed E-state index contributed by atoms with van der Waals surface area (Å²) in [6.07, 6.45) is 0. The fraction of sp³-hybridized carbons (Fsp3) is 0.286. The summed E-state index contributed by atoms with van der Waals surface area (Å²) in [5, 5.41) is 2.81. The van der Waals surface area contributed by atoms with Crippen molar-refractivity contribution < 1.29 is 27.1 Å². The maximum Gasteiger partial charge on any atom is 0.264 e. The Balaban J connectivity index is 2.03. The molecule has 0 saturated heterocycles. The third kappa shape index (κ3) is 7.79. The summed E-state index contributed by atoms with van der Waals surface area (Å²) in [4.78, 5) is 28.0. The van der Waals surface area contributed by atoms with Gasteiger partial charge in [-0.2, -0.15) is 0 Å². The number of anilines is 1. The van der Waals surface area contributed by atoms with Crippen molar-refractivity contribution in [1.82, 2.24) is 10.2 Å². The smallest absolute Gasteiger partial charge is 0.264 e. The summed E-state index contributed by atoms with van der Waals surface area (Å²) in [6, 6.07) is 16.7. The maximum absolute atomic E-state index is 13.8. The summed E-state index contributed by atoms with van der Waals surface area (Å²) in [7, 11) is -2.80. The van der Waals surface area contributed by atoms with E-state index in [0.29, 0.717) is 5.75 Å². The molecular formula is C28H31BrFN3O5S. The number of hydrogen-bond donors (Lipinski definition) is 1. The topological polar surface area (TPSA) is 96.0 Å². The molecule has 3 aromatic rings. The first kappa shape index (κ1) is 30.1. The fourth-order valence-corrected chi connectivity index (χ4v) is 5.69. The second-order valence-corrected chi connectivity index (χ2v) is 11.9. The number of ether oxygens (including phenoxy) is 1. The van der Waals surface area contributed by atoms with Crippen LogP contribution in [0.15, 0.2) is 82.2 Å². The van der Waals surface area contributed by atoms with Crippen molar-refractivity contribution >= 4 is 43.5 Å². The van der Waals surface area contributed by atoms with Crippen LogP contribution in [0.2, 0.25) is 0 Å². The molecule has 1 atom stereocenters. The number of halogens is 2. The molecule has 0 bridgehead atoms. The highest BCUT2D eigenvalue weighted by atomic mass is 79.9. The Morgan fingerprint density at radius 2 is 1.64 bits per heavy atom. The van der Waals surface area contributed by atoms with Gasteiger partial charge >= 0.3 is 0 Å². The van der Waals surface area contributed by atoms with Crippen molar-refractivity contribution in [3.05, 3.63) is 88.6 Å². The summed E-state index contributed by atoms with van der Waals surface area (Å²) in [5.74, 6) is -1.08. The summed E-state index contributed by atoms with van der Waals surface area (Å²) in [5.41, 5.74) is 0.843. The number of carbonyl (C=O) groups is 2. The number of hydrogen-bond acceptors (Lipinski definition) is 5. The van der Waals surface area contributed by atoms with E-state index in [9.17, 15) is 22.4 Å². The second-order valence-electron chi connectivity index (χ2n) is 9.15. The molecule has 0 aromatic heterocycles. The summed E-state index contributed by atoms with van der Waals surface area (Å²) >= 11 is 3.42. The molecule has 8 nitrogen and oxygen atoms in total. The molecule has 2 amide bonds. The Bertz CT molecular complexity index is 1400. The van der Waals surface area contributed by atoms with Crippen molar-refractivity contribution in [3.8, 4) is 5.75 Å². The molecule has 3 aromatic carbocycles. The molecule has 0 spiro atoms. The highest BCUT2D eigenvalue weighted by molar-refractivity contribution is 9.10. The van der Waals surface area contributed by atoms with Gasteiger partial charge < -0.3 is 15.0 Å². The number of methoxy groups -OCH3 is 1. The van der Waals surface area contributed by atoms with E-state index in [1.54, 1.807) is 13.0 Å². The summed E-state index contributed by atoms with van der Waals surface area (Å²) in [6.45, 7) is 4.65. The molecule has 0 fully saturated rings. The minimum atomic E-state index is -4.27. The summed E-state index contributed by atoms with van der Waals surface area (Å²) < 4.78 is 48.1. The molecular weight excluding hydrogens is 589 g/mol. The van der Waals surface area contributed by atoms with E-state index in [2.05, 4.69) is 21.2 Å². The number of nitrogens with one attached hydrogen (secondary N) is 1. The molecule has 11 heteroatoms. The van der Waals surface area contributed by atoms with Crippen LogP contribution in [0.5, 0.6) is 5.75 Å². The Labute approximate surface area is 236 Å². The minimum Gasteiger partial charge on any atom is -0.497 e. The number of benzene rings is 3. The fourth-order valence-electron chi connectivity index (χ4n) is 3.83. The van der Waals surface area contributed by atoms with Gasteiger partial charge in [0.05, 0.1) is 17.7 Å². The largest absolute Gasteiger partial charge is 0.497 e. The average molecular weight is 621 g/mol. The van der Waals surface area contributed by atoms with Crippen LogP contribution in [0.3, 0.4) is 0 Å². The third-order valence-electron chi connectivity index (χ3n) is 5.88. The van der Waals surface area contributed by atoms with E-state index in [1.165, 1.54) is 48.4 Å². The lowest BCUT2D eigenvalue weighted by Crippen LogP contribution is -2.52. The third-order valence-corrected chi connectivity index (χ3v) is 8.16. The van der Waals surface area contributed by atoms with Crippen LogP contribution in [-0.2, 0) is 26.2 Å². The zero-order chi connectivity index (χ0) is 28.7. The van der Waals surface area contributed by atoms with Crippen LogP contribution in [0.1, 0.15) is 26.3 Å². The van der Waals surface area contributed by atoms with E-state index >= 15 is 0 Å². The van der Waals surface area contributed by atoms with E-state index < -0.39 is 34.3 Å². The normalized spacial score (nSPS) is 12.1. The minimum absolute atomic E-state index is 0.0603. The van der Waals surface area contributed by atoms with E-state index in [4.69, 9.17) is 4.74 Å². The predicted octanol–water partition coefficient (Wildman–Crippen LogP) is 4.73. The van der Waals surface area contributed by atoms with Crippen LogP contribution < -0.4 is 14.4 Å². The van der Waals surface area contributed by atoms with Gasteiger partial charge in [0.2, 0.25) is 11.8 Å². The molecule has 39 heavy (non-hydrogen) atoms. The number of carbonyl (C=O) groups excluding carboxylic acids is 2. The maximum atomic E-state index is 13.8. The Kier molecular flexibility index (Phi) is 10.1. The number of nitrogens with zero attached hydrogens (tertiary/aromatic N) is 2. The van der Waals surface area contributed by atoms with Crippen LogP contribution >= 0.6 is 15.9 Å². The lowest BCUT2D eigenvalue weighted by Gasteiger charge is -2.32. The highest BCUT2D eigenvalue weighted by Gasteiger charge is 2.32. The molecule has 1 N–H and O–H groups in total. The first-order chi connectivity index (χ1) is 18.4. The van der Waals surface area contributed by atoms with Gasteiger partial charge in [-0.3, -0.25) is 13.9 Å². The number of amides is 2. The van der Waals surface area contributed by atoms with E-state index in [-0.39, 0.29) is 29.1 Å². The van der Waals surface area contributed by atoms with Gasteiger partial charge in [-0.1, -0.05) is 28.1 Å². The van der Waals surface area contributed by atoms with Crippen molar-refractivity contribution in [2.45, 2.75) is 44.3 Å². The molecule has 0 unspecified atom stereocenters. The lowest BCUT2D eigenvalue weighted by molar-refractivity contribution is -0.139. The van der Waals surface area contributed by atoms with Crippen LogP contribution in [0, 0.1) is 5.82 Å². The van der Waals surface area contributed by atoms with Gasteiger partial charge in [-0.05, 0) is 87.0 Å². The lowest BCUT2D eigenvalue weighted by atomic mass is 10.1. The van der Waals surface area contributed by atoms with Gasteiger partial charge in [-0.25, -0.2) is 12.8 Å². The number of rotatable bonds is 11. The van der Waals surface area contributed by atoms with Crippen molar-refractivity contribution in [3.63, 3.8) is 0 Å². The first-order valence-corrected chi connectivity index (χ1v) is 14.4. The van der Waals surface area contributed by atoms with Crippen molar-refractivity contribution in [2.75, 3.05) is 18.0 Å². The zero-order valence-electron chi connectivity index (χ0n) is 22.1. The zero-order valence-corrected chi connectivity index (χ0v) is 24.5. The molecule has 0 saturated carbocycles. The van der Waals surface area contributed by atoms with Gasteiger partial charge in [0.25, 0.3) is 10.0 Å². The van der Waals surface area contributed by atoms with E-state index in [1.807, 2.05) is 32.0 Å². The number of sulfonamides is 1. The van der Waals surface area contributed by atoms with Crippen LogP contribution in [0.4, 0.5) is 10.1 Å². The Hall–Kier alpha value is -3.44. The van der Waals surface area contributed by atoms with Crippen LogP contribution in [0.25, 0.3) is 0 Å². The van der Waals surface area contributed by atoms with E-state index in [0.717, 1.165) is 26.5 Å². The molecule has 0 aliphatic carbocycles. The van der Waals surface area contributed by atoms with Crippen molar-refractivity contribution in [2.24, 2.45) is 0 Å². The van der Waals surface area contributed by atoms with Gasteiger partial charge in [0.15, 0.2) is 0 Å². The van der Waals surface area contributed by atoms with Gasteiger partial charge in [-0.15, -0.1) is 0 Å². The Morgan fingerprint density at radius 3 is 2.21 bits per heavy atom. The van der Waals surface area contributed by atoms with Crippen molar-refractivity contribution in [1.29, 1.82) is 0 Å². The first-order valence-electron chi connectivity index (χ1n) is 12.2. The molecule has 3 rings (SSSR count). The van der Waals surface area contributed by atoms with Gasteiger partial charge in [0, 0.05) is 17.1 Å². The molecule has 208 valence electrons. The van der Waals surface area contributed by atoms with Crippen LogP contribution in [-0.4, -0.2) is 50.9 Å².